The van der Waals surface area contributed by atoms with Crippen molar-refractivity contribution in [3.8, 4) is 0 Å². The number of halogens is 1. The molecule has 11 nitrogen and oxygen atoms in total. The zero-order valence-corrected chi connectivity index (χ0v) is 19.2. The number of hydrogen-bond donors (Lipinski definition) is 0. The van der Waals surface area contributed by atoms with Crippen molar-refractivity contribution in [2.24, 2.45) is 0 Å². The molecule has 0 radical (unpaired) electrons. The number of nitro groups is 1. The smallest absolute Gasteiger partial charge is 0.303 e. The van der Waals surface area contributed by atoms with Gasteiger partial charge in [0.2, 0.25) is 0 Å². The van der Waals surface area contributed by atoms with E-state index in [0.717, 1.165) is 0 Å². The molecule has 5 atom stereocenters. The van der Waals surface area contributed by atoms with Gasteiger partial charge in [-0.05, 0) is 17.7 Å². The van der Waals surface area contributed by atoms with Crippen LogP contribution in [0.3, 0.4) is 0 Å². The van der Waals surface area contributed by atoms with Gasteiger partial charge in [0, 0.05) is 32.9 Å². The van der Waals surface area contributed by atoms with Gasteiger partial charge in [-0.15, -0.1) is 0 Å². The molecule has 0 aliphatic carbocycles. The Morgan fingerprint density at radius 3 is 2.13 bits per heavy atom. The maximum Gasteiger partial charge on any atom is 0.303 e. The molecule has 1 aliphatic heterocycles. The van der Waals surface area contributed by atoms with Gasteiger partial charge in [0.05, 0.1) is 11.5 Å². The molecule has 1 aliphatic rings. The number of esters is 3. The first kappa shape index (κ1) is 24.9. The quantitative estimate of drug-likeness (QED) is 0.118. The molecular weight excluding hydrogens is 529 g/mol. The van der Waals surface area contributed by atoms with Crippen LogP contribution in [0.4, 0.5) is 5.69 Å². The van der Waals surface area contributed by atoms with Crippen LogP contribution in [0.2, 0.25) is 0 Å². The Labute approximate surface area is 191 Å². The summed E-state index contributed by atoms with van der Waals surface area (Å²) in [5.74, 6) is -1.77. The van der Waals surface area contributed by atoms with Gasteiger partial charge in [-0.25, -0.2) is 0 Å². The number of nitrogens with zero attached hydrogens (tertiary/aromatic N) is 1. The van der Waals surface area contributed by atoms with Gasteiger partial charge >= 0.3 is 17.9 Å². The van der Waals surface area contributed by atoms with Gasteiger partial charge in [-0.3, -0.25) is 24.5 Å². The summed E-state index contributed by atoms with van der Waals surface area (Å²) in [5.41, 5.74) is 0.602. The zero-order valence-electron chi connectivity index (χ0n) is 17.0. The highest BCUT2D eigenvalue weighted by Gasteiger charge is 2.49. The largest absolute Gasteiger partial charge is 0.463 e. The first-order valence-electron chi connectivity index (χ1n) is 9.20. The molecular formula is C19H22INO10. The van der Waals surface area contributed by atoms with Crippen LogP contribution in [0.25, 0.3) is 0 Å². The van der Waals surface area contributed by atoms with E-state index in [-0.39, 0.29) is 18.9 Å². The molecule has 1 aromatic carbocycles. The van der Waals surface area contributed by atoms with Gasteiger partial charge in [-0.2, -0.15) is 0 Å². The molecule has 0 aromatic heterocycles. The molecule has 0 unspecified atom stereocenters. The van der Waals surface area contributed by atoms with E-state index in [1.54, 1.807) is 12.1 Å². The van der Waals surface area contributed by atoms with Crippen LogP contribution < -0.4 is 0 Å². The van der Waals surface area contributed by atoms with Gasteiger partial charge < -0.3 is 23.7 Å². The molecule has 0 bridgehead atoms. The fourth-order valence-corrected chi connectivity index (χ4v) is 3.82. The van der Waals surface area contributed by atoms with Crippen LogP contribution >= 0.6 is 22.6 Å². The summed E-state index contributed by atoms with van der Waals surface area (Å²) in [6, 6.07) is 5.79. The second kappa shape index (κ2) is 11.3. The van der Waals surface area contributed by atoms with E-state index in [1.807, 2.05) is 22.6 Å². The molecule has 1 aromatic rings. The topological polar surface area (TPSA) is 141 Å². The first-order valence-corrected chi connectivity index (χ1v) is 10.4. The van der Waals surface area contributed by atoms with E-state index in [1.165, 1.54) is 32.9 Å². The van der Waals surface area contributed by atoms with Crippen LogP contribution in [0.1, 0.15) is 26.3 Å². The fraction of sp³-hybridized carbons (Fsp3) is 0.526. The van der Waals surface area contributed by atoms with Crippen LogP contribution in [0.15, 0.2) is 24.3 Å². The summed E-state index contributed by atoms with van der Waals surface area (Å²) in [6.45, 7) is 3.45. The maximum absolute atomic E-state index is 11.6. The predicted octanol–water partition coefficient (Wildman–Crippen LogP) is 2.07. The summed E-state index contributed by atoms with van der Waals surface area (Å²) in [4.78, 5) is 44.8. The SMILES string of the molecule is CC(=O)OC[C@H]1O[C@H](OCc2ccc([N+](=O)[O-])cc2)[C@@H](I)[C@@H](OC(C)=O)[C@@H]1OC(C)=O. The standard InChI is InChI=1S/C19H22INO10/c1-10(22)27-9-15-17(29-11(2)23)18(30-12(3)24)16(20)19(31-15)28-8-13-4-6-14(7-5-13)21(25)26/h4-7,15-19H,8-9H2,1-3H3/t15-,16+,17-,18-,19+/m1/s1. The van der Waals surface area contributed by atoms with Crippen molar-refractivity contribution in [1.29, 1.82) is 0 Å². The van der Waals surface area contributed by atoms with Gasteiger partial charge in [-0.1, -0.05) is 22.6 Å². The molecule has 170 valence electrons. The molecule has 0 saturated carbocycles. The molecule has 12 heteroatoms. The molecule has 1 saturated heterocycles. The summed E-state index contributed by atoms with van der Waals surface area (Å²) >= 11 is 1.97. The average molecular weight is 551 g/mol. The Bertz CT molecular complexity index is 814. The monoisotopic (exact) mass is 551 g/mol. The number of non-ortho nitro benzene ring substituents is 1. The second-order valence-corrected chi connectivity index (χ2v) is 8.11. The fourth-order valence-electron chi connectivity index (χ4n) is 2.89. The van der Waals surface area contributed by atoms with E-state index in [9.17, 15) is 24.5 Å². The Morgan fingerprint density at radius 1 is 1.03 bits per heavy atom. The highest BCUT2D eigenvalue weighted by molar-refractivity contribution is 14.1. The number of hydrogen-bond acceptors (Lipinski definition) is 10. The third-order valence-corrected chi connectivity index (χ3v) is 5.49. The van der Waals surface area contributed by atoms with Crippen molar-refractivity contribution in [3.63, 3.8) is 0 Å². The Balaban J connectivity index is 2.19. The summed E-state index contributed by atoms with van der Waals surface area (Å²) in [5, 5.41) is 10.8. The summed E-state index contributed by atoms with van der Waals surface area (Å²) in [7, 11) is 0. The average Bonchev–Trinajstić information content (AvgIpc) is 2.68. The lowest BCUT2D eigenvalue weighted by molar-refractivity contribution is -0.384. The lowest BCUT2D eigenvalue weighted by atomic mass is 10.0. The minimum absolute atomic E-state index is 0.0491. The van der Waals surface area contributed by atoms with E-state index >= 15 is 0 Å². The molecule has 0 spiro atoms. The third kappa shape index (κ3) is 7.40. The highest BCUT2D eigenvalue weighted by atomic mass is 127. The van der Waals surface area contributed by atoms with Crippen LogP contribution in [-0.2, 0) is 44.7 Å². The number of rotatable bonds is 8. The minimum atomic E-state index is -1.01. The lowest BCUT2D eigenvalue weighted by Crippen LogP contribution is -2.59. The maximum atomic E-state index is 11.6. The molecule has 1 heterocycles. The predicted molar refractivity (Wildman–Crippen MR) is 112 cm³/mol. The summed E-state index contributed by atoms with van der Waals surface area (Å²) in [6.07, 6.45) is -3.78. The van der Waals surface area contributed by atoms with Gasteiger partial charge in [0.25, 0.3) is 5.69 Å². The zero-order chi connectivity index (χ0) is 23.1. The highest BCUT2D eigenvalue weighted by Crippen LogP contribution is 2.32. The van der Waals surface area contributed by atoms with E-state index in [2.05, 4.69) is 0 Å². The third-order valence-electron chi connectivity index (χ3n) is 4.19. The molecule has 0 amide bonds. The molecule has 31 heavy (non-hydrogen) atoms. The van der Waals surface area contributed by atoms with Crippen molar-refractivity contribution in [2.75, 3.05) is 6.61 Å². The van der Waals surface area contributed by atoms with Crippen LogP contribution in [0, 0.1) is 10.1 Å². The number of benzene rings is 1. The van der Waals surface area contributed by atoms with E-state index in [0.29, 0.717) is 5.56 Å². The van der Waals surface area contributed by atoms with Crippen molar-refractivity contribution in [3.05, 3.63) is 39.9 Å². The minimum Gasteiger partial charge on any atom is -0.463 e. The number of nitro benzene ring substituents is 1. The summed E-state index contributed by atoms with van der Waals surface area (Å²) < 4.78 is 26.8. The second-order valence-electron chi connectivity index (χ2n) is 6.67. The Hall–Kier alpha value is -2.32. The van der Waals surface area contributed by atoms with Gasteiger partial charge in [0.15, 0.2) is 18.5 Å². The van der Waals surface area contributed by atoms with Crippen molar-refractivity contribution in [2.45, 2.75) is 55.9 Å². The molecule has 1 fully saturated rings. The molecule has 0 N–H and O–H groups in total. The first-order chi connectivity index (χ1) is 14.6. The lowest BCUT2D eigenvalue weighted by Gasteiger charge is -2.43. The van der Waals surface area contributed by atoms with Crippen LogP contribution in [0.5, 0.6) is 0 Å². The number of alkyl halides is 1. The van der Waals surface area contributed by atoms with E-state index < -0.39 is 51.4 Å². The van der Waals surface area contributed by atoms with Gasteiger partial charge in [0.1, 0.15) is 16.6 Å². The van der Waals surface area contributed by atoms with Crippen LogP contribution in [-0.4, -0.2) is 58.0 Å². The number of carbonyl (C=O) groups excluding carboxylic acids is 3. The normalized spacial score (nSPS) is 25.4. The molecule has 2 rings (SSSR count). The Kier molecular flexibility index (Phi) is 9.13. The van der Waals surface area contributed by atoms with E-state index in [4.69, 9.17) is 23.7 Å². The van der Waals surface area contributed by atoms with Crippen molar-refractivity contribution >= 4 is 46.2 Å². The van der Waals surface area contributed by atoms with Crippen molar-refractivity contribution in [1.82, 2.24) is 0 Å². The number of carbonyl (C=O) groups is 3. The number of ether oxygens (including phenoxy) is 5. The van der Waals surface area contributed by atoms with Crippen molar-refractivity contribution < 1.29 is 43.0 Å². The Morgan fingerprint density at radius 2 is 1.61 bits per heavy atom.